The molecule has 19 heavy (non-hydrogen) atoms. The third-order valence-electron chi connectivity index (χ3n) is 3.03. The van der Waals surface area contributed by atoms with Crippen LogP contribution >= 0.6 is 0 Å². The maximum Gasteiger partial charge on any atom is 0.166 e. The van der Waals surface area contributed by atoms with Gasteiger partial charge < -0.3 is 0 Å². The van der Waals surface area contributed by atoms with Crippen LogP contribution in [-0.4, -0.2) is 35.3 Å². The Hall–Kier alpha value is -1.69. The zero-order valence-corrected chi connectivity index (χ0v) is 11.6. The van der Waals surface area contributed by atoms with Gasteiger partial charge in [-0.25, -0.2) is 12.9 Å². The number of fused-ring (bicyclic) bond motifs is 1. The van der Waals surface area contributed by atoms with E-state index in [4.69, 9.17) is 0 Å². The first kappa shape index (κ1) is 13.7. The fraction of sp³-hybridized carbons (Fsp3) is 0.385. The highest BCUT2D eigenvalue weighted by molar-refractivity contribution is 7.91. The predicted molar refractivity (Wildman–Crippen MR) is 73.1 cm³/mol. The van der Waals surface area contributed by atoms with E-state index in [2.05, 4.69) is 5.10 Å². The summed E-state index contributed by atoms with van der Waals surface area (Å²) in [5.41, 5.74) is 1.31. The minimum atomic E-state index is -3.00. The van der Waals surface area contributed by atoms with Crippen LogP contribution in [0, 0.1) is 0 Å². The summed E-state index contributed by atoms with van der Waals surface area (Å²) in [6, 6.07) is 5.50. The SMILES string of the molecule is CCS(=O)(=O)CCCC(=O)c1cnn2ccccc12. The summed E-state index contributed by atoms with van der Waals surface area (Å²) in [4.78, 5) is 12.0. The summed E-state index contributed by atoms with van der Waals surface area (Å²) in [6.45, 7) is 1.61. The van der Waals surface area contributed by atoms with Gasteiger partial charge in [-0.3, -0.25) is 4.79 Å². The van der Waals surface area contributed by atoms with E-state index in [1.165, 1.54) is 6.20 Å². The van der Waals surface area contributed by atoms with Crippen LogP contribution in [0.2, 0.25) is 0 Å². The van der Waals surface area contributed by atoms with Crippen LogP contribution in [-0.2, 0) is 9.84 Å². The van der Waals surface area contributed by atoms with E-state index in [1.807, 2.05) is 18.2 Å². The molecular weight excluding hydrogens is 264 g/mol. The molecule has 0 unspecified atom stereocenters. The fourth-order valence-electron chi connectivity index (χ4n) is 1.88. The molecule has 0 saturated heterocycles. The lowest BCUT2D eigenvalue weighted by molar-refractivity contribution is 0.0983. The van der Waals surface area contributed by atoms with Crippen molar-refractivity contribution in [1.82, 2.24) is 9.61 Å². The van der Waals surface area contributed by atoms with Crippen LogP contribution in [0.25, 0.3) is 5.52 Å². The second-order valence-corrected chi connectivity index (χ2v) is 6.82. The Morgan fingerprint density at radius 1 is 1.37 bits per heavy atom. The smallest absolute Gasteiger partial charge is 0.166 e. The molecule has 0 atom stereocenters. The molecule has 2 aromatic heterocycles. The van der Waals surface area contributed by atoms with Crippen molar-refractivity contribution in [3.63, 3.8) is 0 Å². The Labute approximate surface area is 112 Å². The first-order chi connectivity index (χ1) is 9.03. The summed E-state index contributed by atoms with van der Waals surface area (Å²) < 4.78 is 24.3. The van der Waals surface area contributed by atoms with Gasteiger partial charge >= 0.3 is 0 Å². The minimum Gasteiger partial charge on any atom is -0.294 e. The van der Waals surface area contributed by atoms with Gasteiger partial charge in [-0.1, -0.05) is 13.0 Å². The highest BCUT2D eigenvalue weighted by atomic mass is 32.2. The van der Waals surface area contributed by atoms with Gasteiger partial charge in [-0.2, -0.15) is 5.10 Å². The lowest BCUT2D eigenvalue weighted by Crippen LogP contribution is -2.10. The number of rotatable bonds is 6. The van der Waals surface area contributed by atoms with Crippen LogP contribution in [0.5, 0.6) is 0 Å². The summed E-state index contributed by atoms with van der Waals surface area (Å²) in [6.07, 6.45) is 3.90. The van der Waals surface area contributed by atoms with Gasteiger partial charge in [0.05, 0.1) is 23.0 Å². The van der Waals surface area contributed by atoms with Crippen molar-refractivity contribution in [3.05, 3.63) is 36.2 Å². The van der Waals surface area contributed by atoms with Crippen molar-refractivity contribution < 1.29 is 13.2 Å². The molecule has 0 aliphatic rings. The maximum atomic E-state index is 12.0. The van der Waals surface area contributed by atoms with E-state index in [9.17, 15) is 13.2 Å². The molecule has 0 N–H and O–H groups in total. The third kappa shape index (κ3) is 3.20. The molecule has 2 aromatic rings. The summed E-state index contributed by atoms with van der Waals surface area (Å²) >= 11 is 0. The van der Waals surface area contributed by atoms with Crippen molar-refractivity contribution in [2.24, 2.45) is 0 Å². The Morgan fingerprint density at radius 3 is 2.89 bits per heavy atom. The van der Waals surface area contributed by atoms with Crippen molar-refractivity contribution in [1.29, 1.82) is 0 Å². The topological polar surface area (TPSA) is 68.5 Å². The average Bonchev–Trinajstić information content (AvgIpc) is 2.82. The highest BCUT2D eigenvalue weighted by Gasteiger charge is 2.14. The van der Waals surface area contributed by atoms with E-state index < -0.39 is 9.84 Å². The maximum absolute atomic E-state index is 12.0. The molecule has 2 rings (SSSR count). The molecule has 0 fully saturated rings. The Balaban J connectivity index is 2.05. The van der Waals surface area contributed by atoms with E-state index in [0.29, 0.717) is 12.0 Å². The molecule has 0 saturated carbocycles. The zero-order chi connectivity index (χ0) is 13.9. The second-order valence-electron chi connectivity index (χ2n) is 4.35. The van der Waals surface area contributed by atoms with Gasteiger partial charge in [0.1, 0.15) is 9.84 Å². The largest absolute Gasteiger partial charge is 0.294 e. The molecule has 0 radical (unpaired) electrons. The molecule has 0 spiro atoms. The van der Waals surface area contributed by atoms with Crippen LogP contribution in [0.1, 0.15) is 30.1 Å². The van der Waals surface area contributed by atoms with Gasteiger partial charge in [0.15, 0.2) is 5.78 Å². The third-order valence-corrected chi connectivity index (χ3v) is 4.82. The van der Waals surface area contributed by atoms with Gasteiger partial charge in [0.25, 0.3) is 0 Å². The fourth-order valence-corrected chi connectivity index (χ4v) is 2.75. The molecule has 0 amide bonds. The molecule has 0 aliphatic heterocycles. The molecular formula is C13H16N2O3S. The van der Waals surface area contributed by atoms with E-state index in [0.717, 1.165) is 5.52 Å². The first-order valence-electron chi connectivity index (χ1n) is 6.19. The van der Waals surface area contributed by atoms with E-state index in [-0.39, 0.29) is 23.7 Å². The molecule has 2 heterocycles. The van der Waals surface area contributed by atoms with Gasteiger partial charge in [-0.05, 0) is 18.6 Å². The number of ketones is 1. The second kappa shape index (κ2) is 5.52. The first-order valence-corrected chi connectivity index (χ1v) is 8.01. The van der Waals surface area contributed by atoms with Crippen molar-refractivity contribution in [2.45, 2.75) is 19.8 Å². The van der Waals surface area contributed by atoms with Crippen molar-refractivity contribution >= 4 is 21.1 Å². The number of carbonyl (C=O) groups excluding carboxylic acids is 1. The van der Waals surface area contributed by atoms with Crippen LogP contribution in [0.3, 0.4) is 0 Å². The number of aromatic nitrogens is 2. The van der Waals surface area contributed by atoms with Gasteiger partial charge in [0, 0.05) is 18.4 Å². The van der Waals surface area contributed by atoms with Gasteiger partial charge in [0.2, 0.25) is 0 Å². The number of pyridine rings is 1. The standard InChI is InChI=1S/C13H16N2O3S/c1-2-19(17,18)9-5-7-13(16)11-10-14-15-8-4-3-6-12(11)15/h3-4,6,8,10H,2,5,7,9H2,1H3. The highest BCUT2D eigenvalue weighted by Crippen LogP contribution is 2.13. The molecule has 0 aliphatic carbocycles. The predicted octanol–water partition coefficient (Wildman–Crippen LogP) is 1.73. The van der Waals surface area contributed by atoms with Crippen LogP contribution < -0.4 is 0 Å². The molecule has 102 valence electrons. The van der Waals surface area contributed by atoms with Crippen molar-refractivity contribution in [2.75, 3.05) is 11.5 Å². The normalized spacial score (nSPS) is 11.8. The Kier molecular flexibility index (Phi) is 3.99. The number of hydrogen-bond donors (Lipinski definition) is 0. The monoisotopic (exact) mass is 280 g/mol. The number of carbonyl (C=O) groups is 1. The molecule has 0 bridgehead atoms. The molecule has 0 aromatic carbocycles. The summed E-state index contributed by atoms with van der Waals surface area (Å²) in [5, 5.41) is 4.09. The summed E-state index contributed by atoms with van der Waals surface area (Å²) in [7, 11) is -3.00. The Morgan fingerprint density at radius 2 is 2.16 bits per heavy atom. The lowest BCUT2D eigenvalue weighted by atomic mass is 10.1. The number of Topliss-reactive ketones (excluding diaryl/α,β-unsaturated/α-hetero) is 1. The average molecular weight is 280 g/mol. The Bertz CT molecular complexity index is 689. The number of nitrogens with zero attached hydrogens (tertiary/aromatic N) is 2. The lowest BCUT2D eigenvalue weighted by Gasteiger charge is -2.01. The van der Waals surface area contributed by atoms with Crippen LogP contribution in [0.15, 0.2) is 30.6 Å². The van der Waals surface area contributed by atoms with Crippen molar-refractivity contribution in [3.8, 4) is 0 Å². The molecule has 6 heteroatoms. The van der Waals surface area contributed by atoms with E-state index in [1.54, 1.807) is 17.6 Å². The zero-order valence-electron chi connectivity index (χ0n) is 10.7. The molecule has 5 nitrogen and oxygen atoms in total. The number of sulfone groups is 1. The van der Waals surface area contributed by atoms with E-state index >= 15 is 0 Å². The quantitative estimate of drug-likeness (QED) is 0.756. The summed E-state index contributed by atoms with van der Waals surface area (Å²) in [5.74, 6) is 0.124. The number of hydrogen-bond acceptors (Lipinski definition) is 4. The van der Waals surface area contributed by atoms with Gasteiger partial charge in [-0.15, -0.1) is 0 Å². The van der Waals surface area contributed by atoms with Crippen LogP contribution in [0.4, 0.5) is 0 Å². The minimum absolute atomic E-state index is 0.0625.